The standard InChI is InChI=1S/C14H25N5/c1-5-15-13-9-14(17-11(2)16-13)19(4)10-12-7-6-8-18(12)3/h9,12H,5-8,10H2,1-4H3,(H,15,16,17). The lowest BCUT2D eigenvalue weighted by Crippen LogP contribution is -2.37. The number of hydrogen-bond donors (Lipinski definition) is 1. The van der Waals surface area contributed by atoms with E-state index < -0.39 is 0 Å². The second-order valence-corrected chi connectivity index (χ2v) is 5.35. The van der Waals surface area contributed by atoms with Crippen LogP contribution >= 0.6 is 0 Å². The van der Waals surface area contributed by atoms with Gasteiger partial charge in [0.25, 0.3) is 0 Å². The highest BCUT2D eigenvalue weighted by Gasteiger charge is 2.22. The van der Waals surface area contributed by atoms with Gasteiger partial charge in [-0.15, -0.1) is 0 Å². The van der Waals surface area contributed by atoms with Crippen molar-refractivity contribution in [3.05, 3.63) is 11.9 Å². The molecule has 0 radical (unpaired) electrons. The van der Waals surface area contributed by atoms with Crippen LogP contribution in [0.1, 0.15) is 25.6 Å². The summed E-state index contributed by atoms with van der Waals surface area (Å²) in [6.45, 7) is 7.14. The van der Waals surface area contributed by atoms with E-state index in [4.69, 9.17) is 0 Å². The van der Waals surface area contributed by atoms with E-state index in [9.17, 15) is 0 Å². The molecule has 1 N–H and O–H groups in total. The maximum atomic E-state index is 4.54. The number of hydrogen-bond acceptors (Lipinski definition) is 5. The van der Waals surface area contributed by atoms with Crippen molar-refractivity contribution in [2.45, 2.75) is 32.7 Å². The minimum atomic E-state index is 0.642. The normalized spacial score (nSPS) is 19.7. The molecule has 5 heteroatoms. The number of nitrogens with one attached hydrogen (secondary N) is 1. The zero-order valence-corrected chi connectivity index (χ0v) is 12.5. The molecule has 5 nitrogen and oxygen atoms in total. The van der Waals surface area contributed by atoms with Gasteiger partial charge in [-0.1, -0.05) is 0 Å². The van der Waals surface area contributed by atoms with Crippen LogP contribution in [0.4, 0.5) is 11.6 Å². The summed E-state index contributed by atoms with van der Waals surface area (Å²) in [6, 6.07) is 2.67. The molecule has 0 spiro atoms. The molecular weight excluding hydrogens is 238 g/mol. The van der Waals surface area contributed by atoms with E-state index in [2.05, 4.69) is 46.1 Å². The second-order valence-electron chi connectivity index (χ2n) is 5.35. The van der Waals surface area contributed by atoms with Crippen LogP contribution in [0, 0.1) is 6.92 Å². The fourth-order valence-corrected chi connectivity index (χ4v) is 2.64. The smallest absolute Gasteiger partial charge is 0.134 e. The lowest BCUT2D eigenvalue weighted by atomic mass is 10.2. The average molecular weight is 263 g/mol. The molecule has 1 saturated heterocycles. The Balaban J connectivity index is 2.07. The molecule has 0 aromatic carbocycles. The molecule has 1 aliphatic rings. The Morgan fingerprint density at radius 2 is 2.26 bits per heavy atom. The van der Waals surface area contributed by atoms with Gasteiger partial charge >= 0.3 is 0 Å². The van der Waals surface area contributed by atoms with E-state index in [0.29, 0.717) is 6.04 Å². The lowest BCUT2D eigenvalue weighted by molar-refractivity contribution is 0.314. The van der Waals surface area contributed by atoms with Gasteiger partial charge in [0.2, 0.25) is 0 Å². The van der Waals surface area contributed by atoms with E-state index in [0.717, 1.165) is 30.5 Å². The van der Waals surface area contributed by atoms with Crippen LogP contribution < -0.4 is 10.2 Å². The minimum Gasteiger partial charge on any atom is -0.370 e. The molecule has 1 fully saturated rings. The summed E-state index contributed by atoms with van der Waals surface area (Å²) in [5.74, 6) is 2.74. The largest absolute Gasteiger partial charge is 0.370 e. The first-order chi connectivity index (χ1) is 9.10. The van der Waals surface area contributed by atoms with Gasteiger partial charge in [0.15, 0.2) is 0 Å². The first-order valence-corrected chi connectivity index (χ1v) is 7.11. The molecule has 1 aromatic rings. The Hall–Kier alpha value is -1.36. The molecule has 0 saturated carbocycles. The molecule has 2 heterocycles. The highest BCUT2D eigenvalue weighted by Crippen LogP contribution is 2.19. The van der Waals surface area contributed by atoms with Gasteiger partial charge in [-0.25, -0.2) is 9.97 Å². The monoisotopic (exact) mass is 263 g/mol. The Kier molecular flexibility index (Phi) is 4.58. The fourth-order valence-electron chi connectivity index (χ4n) is 2.64. The van der Waals surface area contributed by atoms with Crippen molar-refractivity contribution in [1.82, 2.24) is 14.9 Å². The van der Waals surface area contributed by atoms with Gasteiger partial charge in [0.1, 0.15) is 17.5 Å². The predicted molar refractivity (Wildman–Crippen MR) is 79.9 cm³/mol. The number of likely N-dealkylation sites (tertiary alicyclic amines) is 1. The molecule has 0 bridgehead atoms. The van der Waals surface area contributed by atoms with Gasteiger partial charge in [-0.05, 0) is 40.3 Å². The Morgan fingerprint density at radius 3 is 2.89 bits per heavy atom. The average Bonchev–Trinajstić information content (AvgIpc) is 2.75. The van der Waals surface area contributed by atoms with Gasteiger partial charge in [-0.2, -0.15) is 0 Å². The molecule has 19 heavy (non-hydrogen) atoms. The summed E-state index contributed by atoms with van der Waals surface area (Å²) in [5.41, 5.74) is 0. The summed E-state index contributed by atoms with van der Waals surface area (Å²) in [7, 11) is 4.32. The van der Waals surface area contributed by atoms with Crippen LogP contribution in [0.15, 0.2) is 6.07 Å². The van der Waals surface area contributed by atoms with Gasteiger partial charge < -0.3 is 15.1 Å². The Morgan fingerprint density at radius 1 is 1.47 bits per heavy atom. The molecule has 106 valence electrons. The van der Waals surface area contributed by atoms with E-state index >= 15 is 0 Å². The summed E-state index contributed by atoms with van der Waals surface area (Å²) in [6.07, 6.45) is 2.59. The lowest BCUT2D eigenvalue weighted by Gasteiger charge is -2.26. The maximum absolute atomic E-state index is 4.54. The molecule has 1 aliphatic heterocycles. The number of nitrogens with zero attached hydrogens (tertiary/aromatic N) is 4. The van der Waals surface area contributed by atoms with Crippen molar-refractivity contribution in [3.8, 4) is 0 Å². The van der Waals surface area contributed by atoms with Gasteiger partial charge in [0, 0.05) is 32.2 Å². The Bertz CT molecular complexity index is 420. The third-order valence-electron chi connectivity index (χ3n) is 3.73. The summed E-state index contributed by atoms with van der Waals surface area (Å²) >= 11 is 0. The number of aromatic nitrogens is 2. The number of likely N-dealkylation sites (N-methyl/N-ethyl adjacent to an activating group) is 2. The van der Waals surface area contributed by atoms with Crippen molar-refractivity contribution in [2.24, 2.45) is 0 Å². The third-order valence-corrected chi connectivity index (χ3v) is 3.73. The molecular formula is C14H25N5. The van der Waals surface area contributed by atoms with E-state index in [1.54, 1.807) is 0 Å². The topological polar surface area (TPSA) is 44.3 Å². The first kappa shape index (κ1) is 14.1. The van der Waals surface area contributed by atoms with Crippen molar-refractivity contribution in [1.29, 1.82) is 0 Å². The summed E-state index contributed by atoms with van der Waals surface area (Å²) in [4.78, 5) is 13.6. The molecule has 0 aliphatic carbocycles. The number of anilines is 2. The molecule has 0 amide bonds. The predicted octanol–water partition coefficient (Wildman–Crippen LogP) is 1.75. The third kappa shape index (κ3) is 3.56. The summed E-state index contributed by atoms with van der Waals surface area (Å²) in [5, 5.41) is 3.26. The van der Waals surface area contributed by atoms with Crippen LogP contribution in [-0.4, -0.2) is 54.6 Å². The minimum absolute atomic E-state index is 0.642. The molecule has 1 aromatic heterocycles. The fraction of sp³-hybridized carbons (Fsp3) is 0.714. The SMILES string of the molecule is CCNc1cc(N(C)CC2CCCN2C)nc(C)n1. The second kappa shape index (κ2) is 6.19. The highest BCUT2D eigenvalue weighted by molar-refractivity contribution is 5.49. The number of rotatable bonds is 5. The van der Waals surface area contributed by atoms with Crippen molar-refractivity contribution < 1.29 is 0 Å². The number of aryl methyl sites for hydroxylation is 1. The van der Waals surface area contributed by atoms with Crippen molar-refractivity contribution >= 4 is 11.6 Å². The van der Waals surface area contributed by atoms with Crippen molar-refractivity contribution in [2.75, 3.05) is 43.9 Å². The van der Waals surface area contributed by atoms with E-state index in [1.807, 2.05) is 13.0 Å². The molecule has 2 rings (SSSR count). The van der Waals surface area contributed by atoms with Crippen LogP contribution in [0.3, 0.4) is 0 Å². The van der Waals surface area contributed by atoms with Gasteiger partial charge in [-0.3, -0.25) is 0 Å². The first-order valence-electron chi connectivity index (χ1n) is 7.11. The molecule has 1 atom stereocenters. The molecule has 1 unspecified atom stereocenters. The van der Waals surface area contributed by atoms with Gasteiger partial charge in [0.05, 0.1) is 0 Å². The zero-order valence-electron chi connectivity index (χ0n) is 12.5. The van der Waals surface area contributed by atoms with Crippen LogP contribution in [0.2, 0.25) is 0 Å². The van der Waals surface area contributed by atoms with Crippen LogP contribution in [0.25, 0.3) is 0 Å². The van der Waals surface area contributed by atoms with Crippen LogP contribution in [-0.2, 0) is 0 Å². The van der Waals surface area contributed by atoms with Crippen LogP contribution in [0.5, 0.6) is 0 Å². The van der Waals surface area contributed by atoms with E-state index in [-0.39, 0.29) is 0 Å². The maximum Gasteiger partial charge on any atom is 0.134 e. The Labute approximate surface area is 116 Å². The zero-order chi connectivity index (χ0) is 13.8. The highest BCUT2D eigenvalue weighted by atomic mass is 15.2. The quantitative estimate of drug-likeness (QED) is 0.877. The van der Waals surface area contributed by atoms with Crippen molar-refractivity contribution in [3.63, 3.8) is 0 Å². The van der Waals surface area contributed by atoms with E-state index in [1.165, 1.54) is 19.4 Å². The summed E-state index contributed by atoms with van der Waals surface area (Å²) < 4.78 is 0.